The van der Waals surface area contributed by atoms with Gasteiger partial charge < -0.3 is 5.32 Å². The summed E-state index contributed by atoms with van der Waals surface area (Å²) >= 11 is 0. The van der Waals surface area contributed by atoms with E-state index < -0.39 is 22.6 Å². The predicted octanol–water partition coefficient (Wildman–Crippen LogP) is 4.57. The first-order chi connectivity index (χ1) is 16.6. The molecule has 1 aromatic heterocycles. The van der Waals surface area contributed by atoms with Crippen LogP contribution in [0.3, 0.4) is 0 Å². The van der Waals surface area contributed by atoms with Crippen molar-refractivity contribution in [3.05, 3.63) is 59.9 Å². The number of likely N-dealkylation sites (tertiary alicyclic amines) is 1. The third kappa shape index (κ3) is 7.04. The number of hydrogen-bond donors (Lipinski definition) is 2. The van der Waals surface area contributed by atoms with Gasteiger partial charge in [-0.3, -0.25) is 9.62 Å². The zero-order valence-corrected chi connectivity index (χ0v) is 20.2. The first kappa shape index (κ1) is 25.2. The summed E-state index contributed by atoms with van der Waals surface area (Å²) in [7, 11) is -3.29. The Morgan fingerprint density at radius 3 is 2.37 bits per heavy atom. The normalized spacial score (nSPS) is 15.9. The summed E-state index contributed by atoms with van der Waals surface area (Å²) in [5, 5.41) is 4.15. The second-order valence-electron chi connectivity index (χ2n) is 8.76. The molecule has 1 aliphatic rings. The molecule has 0 saturated carbocycles. The van der Waals surface area contributed by atoms with E-state index in [0.717, 1.165) is 38.0 Å². The predicted molar refractivity (Wildman–Crippen MR) is 131 cm³/mol. The number of nitrogens with zero attached hydrogens (tertiary/aromatic N) is 3. The fourth-order valence-corrected chi connectivity index (χ4v) is 4.82. The number of halogens is 3. The average molecular weight is 508 g/mol. The van der Waals surface area contributed by atoms with Crippen LogP contribution in [0.5, 0.6) is 0 Å². The Hall–Kier alpha value is -2.92. The van der Waals surface area contributed by atoms with Crippen LogP contribution in [0.25, 0.3) is 10.9 Å². The van der Waals surface area contributed by atoms with Crippen molar-refractivity contribution in [3.63, 3.8) is 0 Å². The molecule has 0 unspecified atom stereocenters. The maximum Gasteiger partial charge on any atom is 0.393 e. The SMILES string of the molecule is CCS(=O)(=O)Nc1ccc(CN2CCC(Nc3ncnc4cc(CC(F)(F)F)ccc34)CC2)cc1. The monoisotopic (exact) mass is 507 g/mol. The van der Waals surface area contributed by atoms with Crippen LogP contribution in [0.15, 0.2) is 48.8 Å². The molecule has 2 aromatic carbocycles. The molecule has 7 nitrogen and oxygen atoms in total. The maximum atomic E-state index is 12.7. The summed E-state index contributed by atoms with van der Waals surface area (Å²) in [5.41, 5.74) is 2.33. The second-order valence-corrected chi connectivity index (χ2v) is 10.8. The van der Waals surface area contributed by atoms with Gasteiger partial charge in [-0.1, -0.05) is 18.2 Å². The highest BCUT2D eigenvalue weighted by Crippen LogP contribution is 2.27. The maximum absolute atomic E-state index is 12.7. The number of anilines is 2. The van der Waals surface area contributed by atoms with Gasteiger partial charge in [0, 0.05) is 36.7 Å². The van der Waals surface area contributed by atoms with Gasteiger partial charge in [-0.25, -0.2) is 18.4 Å². The quantitative estimate of drug-likeness (QED) is 0.465. The molecule has 2 N–H and O–H groups in total. The van der Waals surface area contributed by atoms with Gasteiger partial charge in [-0.05, 0) is 55.2 Å². The molecule has 0 atom stereocenters. The lowest BCUT2D eigenvalue weighted by molar-refractivity contribution is -0.127. The number of fused-ring (bicyclic) bond motifs is 1. The van der Waals surface area contributed by atoms with E-state index in [4.69, 9.17) is 0 Å². The molecule has 0 radical (unpaired) electrons. The van der Waals surface area contributed by atoms with Crippen molar-refractivity contribution in [2.45, 2.75) is 44.9 Å². The van der Waals surface area contributed by atoms with Gasteiger partial charge in [0.05, 0.1) is 17.7 Å². The topological polar surface area (TPSA) is 87.2 Å². The van der Waals surface area contributed by atoms with Crippen molar-refractivity contribution in [1.82, 2.24) is 14.9 Å². The van der Waals surface area contributed by atoms with Crippen LogP contribution in [0.1, 0.15) is 30.9 Å². The van der Waals surface area contributed by atoms with E-state index in [2.05, 4.69) is 24.9 Å². The van der Waals surface area contributed by atoms with E-state index in [1.807, 2.05) is 12.1 Å². The Bertz CT molecular complexity index is 1260. The van der Waals surface area contributed by atoms with Gasteiger partial charge in [-0.2, -0.15) is 13.2 Å². The smallest absolute Gasteiger partial charge is 0.367 e. The van der Waals surface area contributed by atoms with Gasteiger partial charge in [0.2, 0.25) is 10.0 Å². The van der Waals surface area contributed by atoms with Crippen LogP contribution in [-0.2, 0) is 23.0 Å². The number of sulfonamides is 1. The Morgan fingerprint density at radius 1 is 1.03 bits per heavy atom. The molecule has 1 saturated heterocycles. The molecule has 0 aliphatic carbocycles. The molecule has 1 fully saturated rings. The molecule has 2 heterocycles. The summed E-state index contributed by atoms with van der Waals surface area (Å²) in [4.78, 5) is 10.8. The number of benzene rings is 2. The molecule has 0 spiro atoms. The highest BCUT2D eigenvalue weighted by atomic mass is 32.2. The van der Waals surface area contributed by atoms with Crippen molar-refractivity contribution in [3.8, 4) is 0 Å². The molecule has 0 amide bonds. The Morgan fingerprint density at radius 2 is 1.71 bits per heavy atom. The molecule has 3 aromatic rings. The zero-order chi connectivity index (χ0) is 25.1. The Labute approximate surface area is 202 Å². The van der Waals surface area contributed by atoms with Crippen molar-refractivity contribution < 1.29 is 21.6 Å². The largest absolute Gasteiger partial charge is 0.393 e. The molecule has 1 aliphatic heterocycles. The fourth-order valence-electron chi connectivity index (χ4n) is 4.18. The van der Waals surface area contributed by atoms with E-state index in [0.29, 0.717) is 22.4 Å². The Kier molecular flexibility index (Phi) is 7.46. The lowest BCUT2D eigenvalue weighted by Crippen LogP contribution is -2.38. The molecule has 4 rings (SSSR count). The van der Waals surface area contributed by atoms with Crippen LogP contribution in [0.4, 0.5) is 24.7 Å². The number of rotatable bonds is 8. The van der Waals surface area contributed by atoms with Crippen LogP contribution in [0.2, 0.25) is 0 Å². The van der Waals surface area contributed by atoms with Crippen molar-refractivity contribution in [2.24, 2.45) is 0 Å². The van der Waals surface area contributed by atoms with Gasteiger partial charge in [0.1, 0.15) is 12.1 Å². The highest BCUT2D eigenvalue weighted by Gasteiger charge is 2.28. The van der Waals surface area contributed by atoms with E-state index >= 15 is 0 Å². The summed E-state index contributed by atoms with van der Waals surface area (Å²) < 4.78 is 64.1. The second kappa shape index (κ2) is 10.4. The minimum Gasteiger partial charge on any atom is -0.367 e. The van der Waals surface area contributed by atoms with Gasteiger partial charge in [-0.15, -0.1) is 0 Å². The number of aromatic nitrogens is 2. The third-order valence-electron chi connectivity index (χ3n) is 6.05. The minimum atomic E-state index is -4.26. The van der Waals surface area contributed by atoms with Crippen molar-refractivity contribution >= 4 is 32.4 Å². The third-order valence-corrected chi connectivity index (χ3v) is 7.35. The van der Waals surface area contributed by atoms with Crippen LogP contribution >= 0.6 is 0 Å². The summed E-state index contributed by atoms with van der Waals surface area (Å²) in [6, 6.07) is 12.2. The van der Waals surface area contributed by atoms with Crippen LogP contribution in [-0.4, -0.2) is 54.3 Å². The minimum absolute atomic E-state index is 0.0294. The highest BCUT2D eigenvalue weighted by molar-refractivity contribution is 7.92. The molecule has 188 valence electrons. The molecular formula is C24H28F3N5O2S. The van der Waals surface area contributed by atoms with E-state index in [1.54, 1.807) is 25.1 Å². The van der Waals surface area contributed by atoms with E-state index in [-0.39, 0.29) is 17.4 Å². The van der Waals surface area contributed by atoms with Crippen LogP contribution < -0.4 is 10.0 Å². The van der Waals surface area contributed by atoms with Gasteiger partial charge in [0.25, 0.3) is 0 Å². The van der Waals surface area contributed by atoms with E-state index in [9.17, 15) is 21.6 Å². The molecule has 35 heavy (non-hydrogen) atoms. The zero-order valence-electron chi connectivity index (χ0n) is 19.3. The molecule has 0 bridgehead atoms. The van der Waals surface area contributed by atoms with Gasteiger partial charge >= 0.3 is 6.18 Å². The molecular weight excluding hydrogens is 479 g/mol. The van der Waals surface area contributed by atoms with Gasteiger partial charge in [0.15, 0.2) is 0 Å². The molecule has 11 heteroatoms. The number of nitrogens with one attached hydrogen (secondary N) is 2. The standard InChI is InChI=1S/C24H28F3N5O2S/c1-2-35(33,34)31-20-6-3-17(4-7-20)15-32-11-9-19(10-12-32)30-23-21-8-5-18(14-24(25,26)27)13-22(21)28-16-29-23/h3-8,13,16,19,31H,2,9-12,14-15H2,1H3,(H,28,29,30). The number of piperidine rings is 1. The van der Waals surface area contributed by atoms with E-state index in [1.165, 1.54) is 18.5 Å². The average Bonchev–Trinajstić information content (AvgIpc) is 2.80. The summed E-state index contributed by atoms with van der Waals surface area (Å²) in [5.74, 6) is 0.666. The van der Waals surface area contributed by atoms with Crippen molar-refractivity contribution in [2.75, 3.05) is 28.9 Å². The first-order valence-corrected chi connectivity index (χ1v) is 13.1. The lowest BCUT2D eigenvalue weighted by atomic mass is 10.0. The number of hydrogen-bond acceptors (Lipinski definition) is 6. The number of alkyl halides is 3. The lowest BCUT2D eigenvalue weighted by Gasteiger charge is -2.32. The van der Waals surface area contributed by atoms with Crippen LogP contribution in [0, 0.1) is 0 Å². The Balaban J connectivity index is 1.32. The summed E-state index contributed by atoms with van der Waals surface area (Å²) in [6.07, 6.45) is -2.07. The summed E-state index contributed by atoms with van der Waals surface area (Å²) in [6.45, 7) is 4.12. The fraction of sp³-hybridized carbons (Fsp3) is 0.417. The first-order valence-electron chi connectivity index (χ1n) is 11.5. The van der Waals surface area contributed by atoms with Crippen molar-refractivity contribution in [1.29, 1.82) is 0 Å².